The Morgan fingerprint density at radius 3 is 1.76 bits per heavy atom. The molecule has 0 saturated heterocycles. The molecule has 1 N–H and O–H groups in total. The topological polar surface area (TPSA) is 86.8 Å². The fourth-order valence-electron chi connectivity index (χ4n) is 5.27. The number of amides is 1. The Hall–Kier alpha value is -5.69. The van der Waals surface area contributed by atoms with Crippen LogP contribution in [0.15, 0.2) is 127 Å². The molecule has 224 valence electrons. The molecular formula is C38H32N2O5. The van der Waals surface area contributed by atoms with Gasteiger partial charge in [0.05, 0.1) is 23.7 Å². The smallest absolute Gasteiger partial charge is 0.328 e. The molecule has 0 spiro atoms. The first-order valence-electron chi connectivity index (χ1n) is 14.7. The first kappa shape index (κ1) is 29.4. The lowest BCUT2D eigenvalue weighted by Gasteiger charge is -2.19. The van der Waals surface area contributed by atoms with Crippen molar-refractivity contribution in [3.63, 3.8) is 0 Å². The van der Waals surface area contributed by atoms with E-state index in [1.807, 2.05) is 127 Å². The molecule has 0 bridgehead atoms. The monoisotopic (exact) mass is 596 g/mol. The van der Waals surface area contributed by atoms with Crippen molar-refractivity contribution >= 4 is 33.7 Å². The zero-order chi connectivity index (χ0) is 31.0. The molecule has 1 aromatic heterocycles. The number of hydrogen-bond donors (Lipinski definition) is 1. The molecule has 6 rings (SSSR count). The van der Waals surface area contributed by atoms with Gasteiger partial charge >= 0.3 is 5.97 Å². The maximum absolute atomic E-state index is 13.9. The van der Waals surface area contributed by atoms with E-state index in [1.165, 1.54) is 7.11 Å². The molecule has 0 fully saturated rings. The van der Waals surface area contributed by atoms with E-state index in [0.717, 1.165) is 16.7 Å². The highest BCUT2D eigenvalue weighted by atomic mass is 16.5. The summed E-state index contributed by atoms with van der Waals surface area (Å²) >= 11 is 0. The number of esters is 1. The molecule has 7 heteroatoms. The molecule has 7 nitrogen and oxygen atoms in total. The Labute approximate surface area is 261 Å². The molecule has 1 atom stereocenters. The van der Waals surface area contributed by atoms with Crippen molar-refractivity contribution in [3.8, 4) is 11.5 Å². The number of nitrogens with one attached hydrogen (secondary N) is 1. The Kier molecular flexibility index (Phi) is 8.97. The molecule has 1 amide bonds. The molecule has 0 aliphatic carbocycles. The largest absolute Gasteiger partial charge is 0.485 e. The molecule has 6 aromatic rings. The van der Waals surface area contributed by atoms with Gasteiger partial charge in [0.15, 0.2) is 11.5 Å². The van der Waals surface area contributed by atoms with Gasteiger partial charge in [-0.3, -0.25) is 4.79 Å². The first-order chi connectivity index (χ1) is 22.1. The SMILES string of the molecule is COC(=O)[C@@H](Cc1ccc(OCc2ccccc2)c(OCc2ccccc2)c1)NC(=O)c1c2ccccc2nc2ccccc12. The molecule has 0 aliphatic rings. The maximum Gasteiger partial charge on any atom is 0.328 e. The van der Waals surface area contributed by atoms with Gasteiger partial charge in [0.25, 0.3) is 5.91 Å². The second-order valence-corrected chi connectivity index (χ2v) is 10.6. The van der Waals surface area contributed by atoms with Crippen LogP contribution in [0.25, 0.3) is 21.8 Å². The summed E-state index contributed by atoms with van der Waals surface area (Å²) in [5, 5.41) is 4.35. The summed E-state index contributed by atoms with van der Waals surface area (Å²) in [6, 6.07) is 39.3. The highest BCUT2D eigenvalue weighted by Crippen LogP contribution is 2.31. The third-order valence-corrected chi connectivity index (χ3v) is 7.53. The van der Waals surface area contributed by atoms with E-state index in [4.69, 9.17) is 19.2 Å². The number of ether oxygens (including phenoxy) is 3. The minimum atomic E-state index is -0.953. The zero-order valence-corrected chi connectivity index (χ0v) is 24.8. The van der Waals surface area contributed by atoms with Gasteiger partial charge in [0, 0.05) is 17.2 Å². The molecule has 0 aliphatic heterocycles. The van der Waals surface area contributed by atoms with E-state index in [9.17, 15) is 9.59 Å². The van der Waals surface area contributed by atoms with Crippen LogP contribution in [0.4, 0.5) is 0 Å². The minimum absolute atomic E-state index is 0.181. The van der Waals surface area contributed by atoms with E-state index in [2.05, 4.69) is 5.32 Å². The average molecular weight is 597 g/mol. The summed E-state index contributed by atoms with van der Waals surface area (Å²) in [7, 11) is 1.31. The van der Waals surface area contributed by atoms with Crippen LogP contribution in [0.5, 0.6) is 11.5 Å². The van der Waals surface area contributed by atoms with Crippen molar-refractivity contribution in [1.82, 2.24) is 10.3 Å². The number of aromatic nitrogens is 1. The number of hydrogen-bond acceptors (Lipinski definition) is 6. The number of pyridine rings is 1. The summed E-state index contributed by atoms with van der Waals surface area (Å²) < 4.78 is 17.5. The quantitative estimate of drug-likeness (QED) is 0.127. The van der Waals surface area contributed by atoms with Gasteiger partial charge in [-0.15, -0.1) is 0 Å². The van der Waals surface area contributed by atoms with Crippen molar-refractivity contribution in [2.75, 3.05) is 7.11 Å². The summed E-state index contributed by atoms with van der Waals surface area (Å²) in [6.07, 6.45) is 0.181. The number of fused-ring (bicyclic) bond motifs is 2. The van der Waals surface area contributed by atoms with E-state index in [-0.39, 0.29) is 12.3 Å². The fourth-order valence-corrected chi connectivity index (χ4v) is 5.27. The molecule has 45 heavy (non-hydrogen) atoms. The van der Waals surface area contributed by atoms with Gasteiger partial charge in [-0.05, 0) is 41.0 Å². The third-order valence-electron chi connectivity index (χ3n) is 7.53. The zero-order valence-electron chi connectivity index (χ0n) is 24.8. The van der Waals surface area contributed by atoms with E-state index < -0.39 is 12.0 Å². The molecule has 0 unspecified atom stereocenters. The van der Waals surface area contributed by atoms with Crippen LogP contribution in [0.2, 0.25) is 0 Å². The Morgan fingerprint density at radius 1 is 0.644 bits per heavy atom. The van der Waals surface area contributed by atoms with Crippen LogP contribution in [0.1, 0.15) is 27.0 Å². The van der Waals surface area contributed by atoms with Crippen LogP contribution in [-0.4, -0.2) is 30.0 Å². The lowest BCUT2D eigenvalue weighted by Crippen LogP contribution is -2.43. The number of methoxy groups -OCH3 is 1. The standard InChI is InChI=1S/C38H32N2O5/c1-43-38(42)33(40-37(41)36-29-16-8-10-18-31(29)39-32-19-11-9-17-30(32)36)22-28-20-21-34(44-24-26-12-4-2-5-13-26)35(23-28)45-25-27-14-6-3-7-15-27/h2-21,23,33H,22,24-25H2,1H3,(H,40,41)/t33-/m1/s1. The van der Waals surface area contributed by atoms with E-state index >= 15 is 0 Å². The van der Waals surface area contributed by atoms with Crippen molar-refractivity contribution < 1.29 is 23.8 Å². The predicted molar refractivity (Wildman–Crippen MR) is 174 cm³/mol. The molecular weight excluding hydrogens is 564 g/mol. The second-order valence-electron chi connectivity index (χ2n) is 10.6. The molecule has 0 saturated carbocycles. The maximum atomic E-state index is 13.9. The second kappa shape index (κ2) is 13.7. The lowest BCUT2D eigenvalue weighted by atomic mass is 10.0. The van der Waals surface area contributed by atoms with Gasteiger partial charge in [-0.25, -0.2) is 9.78 Å². The summed E-state index contributed by atoms with van der Waals surface area (Å²) in [5.74, 6) is 0.172. The van der Waals surface area contributed by atoms with Crippen LogP contribution in [0, 0.1) is 0 Å². The molecule has 1 heterocycles. The number of rotatable bonds is 11. The van der Waals surface area contributed by atoms with E-state index in [0.29, 0.717) is 52.1 Å². The number of carbonyl (C=O) groups is 2. The fraction of sp³-hybridized carbons (Fsp3) is 0.132. The predicted octanol–water partition coefficient (Wildman–Crippen LogP) is 7.06. The first-order valence-corrected chi connectivity index (χ1v) is 14.7. The van der Waals surface area contributed by atoms with Crippen LogP contribution in [-0.2, 0) is 29.2 Å². The number of nitrogens with zero attached hydrogens (tertiary/aromatic N) is 1. The van der Waals surface area contributed by atoms with Crippen LogP contribution >= 0.6 is 0 Å². The van der Waals surface area contributed by atoms with E-state index in [1.54, 1.807) is 0 Å². The van der Waals surface area contributed by atoms with Crippen molar-refractivity contribution in [3.05, 3.63) is 150 Å². The lowest BCUT2D eigenvalue weighted by molar-refractivity contribution is -0.142. The molecule has 0 radical (unpaired) electrons. The van der Waals surface area contributed by atoms with Gasteiger partial charge in [-0.2, -0.15) is 0 Å². The highest BCUT2D eigenvalue weighted by molar-refractivity contribution is 6.16. The average Bonchev–Trinajstić information content (AvgIpc) is 3.09. The van der Waals surface area contributed by atoms with Crippen molar-refractivity contribution in [2.45, 2.75) is 25.7 Å². The Balaban J connectivity index is 1.28. The van der Waals surface area contributed by atoms with Crippen molar-refractivity contribution in [1.29, 1.82) is 0 Å². The Bertz CT molecular complexity index is 1890. The van der Waals surface area contributed by atoms with Crippen molar-refractivity contribution in [2.24, 2.45) is 0 Å². The van der Waals surface area contributed by atoms with Crippen LogP contribution < -0.4 is 14.8 Å². The summed E-state index contributed by atoms with van der Waals surface area (Å²) in [5.41, 5.74) is 4.66. The highest BCUT2D eigenvalue weighted by Gasteiger charge is 2.25. The summed E-state index contributed by atoms with van der Waals surface area (Å²) in [4.78, 5) is 31.6. The van der Waals surface area contributed by atoms with Gasteiger partial charge < -0.3 is 19.5 Å². The van der Waals surface area contributed by atoms with Gasteiger partial charge in [-0.1, -0.05) is 103 Å². The minimum Gasteiger partial charge on any atom is -0.485 e. The van der Waals surface area contributed by atoms with Gasteiger partial charge in [0.1, 0.15) is 19.3 Å². The Morgan fingerprint density at radius 2 is 1.18 bits per heavy atom. The normalized spacial score (nSPS) is 11.6. The number of benzene rings is 5. The summed E-state index contributed by atoms with van der Waals surface area (Å²) in [6.45, 7) is 0.710. The number of para-hydroxylation sites is 2. The third kappa shape index (κ3) is 6.94. The number of carbonyl (C=O) groups excluding carboxylic acids is 2. The molecule has 5 aromatic carbocycles. The van der Waals surface area contributed by atoms with Crippen LogP contribution in [0.3, 0.4) is 0 Å². The van der Waals surface area contributed by atoms with Gasteiger partial charge in [0.2, 0.25) is 0 Å².